The molecule has 0 bridgehead atoms. The van der Waals surface area contributed by atoms with Crippen molar-refractivity contribution < 1.29 is 13.2 Å². The molecular weight excluding hydrogens is 290 g/mol. The quantitative estimate of drug-likeness (QED) is 0.789. The normalized spacial score (nSPS) is 33.8. The van der Waals surface area contributed by atoms with Gasteiger partial charge in [0.05, 0.1) is 11.9 Å². The van der Waals surface area contributed by atoms with E-state index in [0.29, 0.717) is 31.8 Å². The maximum absolute atomic E-state index is 12.5. The Kier molecular flexibility index (Phi) is 4.85. The molecule has 3 aliphatic heterocycles. The number of nitrogens with zero attached hydrogens (tertiary/aromatic N) is 2. The molecule has 0 aliphatic carbocycles. The number of hydrogen-bond donors (Lipinski definition) is 1. The third-order valence-corrected chi connectivity index (χ3v) is 6.94. The van der Waals surface area contributed by atoms with Crippen molar-refractivity contribution in [1.29, 1.82) is 0 Å². The number of piperidine rings is 1. The second-order valence-corrected chi connectivity index (χ2v) is 8.60. The minimum Gasteiger partial charge on any atom is -0.377 e. The molecule has 3 fully saturated rings. The summed E-state index contributed by atoms with van der Waals surface area (Å²) in [5.74, 6) is 0.157. The lowest BCUT2D eigenvalue weighted by atomic mass is 10.0. The Bertz CT molecular complexity index is 442. The molecule has 0 saturated carbocycles. The highest BCUT2D eigenvalue weighted by Crippen LogP contribution is 2.24. The van der Waals surface area contributed by atoms with Crippen LogP contribution in [0.25, 0.3) is 0 Å². The molecule has 0 spiro atoms. The molecule has 3 aliphatic rings. The van der Waals surface area contributed by atoms with E-state index in [9.17, 15) is 8.42 Å². The second kappa shape index (κ2) is 6.50. The number of likely N-dealkylation sites (tertiary alicyclic amines) is 1. The summed E-state index contributed by atoms with van der Waals surface area (Å²) in [6, 6.07) is 0.693. The molecule has 2 unspecified atom stereocenters. The van der Waals surface area contributed by atoms with Gasteiger partial charge in [0.2, 0.25) is 10.0 Å². The van der Waals surface area contributed by atoms with Gasteiger partial charge in [0.15, 0.2) is 0 Å². The van der Waals surface area contributed by atoms with Crippen LogP contribution in [0.4, 0.5) is 0 Å². The minimum atomic E-state index is -3.17. The zero-order valence-electron chi connectivity index (χ0n) is 12.6. The summed E-state index contributed by atoms with van der Waals surface area (Å²) in [4.78, 5) is 2.42. The zero-order chi connectivity index (χ0) is 14.9. The smallest absolute Gasteiger partial charge is 0.216 e. The van der Waals surface area contributed by atoms with Crippen molar-refractivity contribution in [3.05, 3.63) is 0 Å². The van der Waals surface area contributed by atoms with Crippen LogP contribution in [0.5, 0.6) is 0 Å². The fourth-order valence-corrected chi connectivity index (χ4v) is 5.39. The van der Waals surface area contributed by atoms with Gasteiger partial charge < -0.3 is 10.5 Å². The van der Waals surface area contributed by atoms with Crippen LogP contribution in [-0.2, 0) is 14.8 Å². The van der Waals surface area contributed by atoms with E-state index in [1.807, 2.05) is 0 Å². The fraction of sp³-hybridized carbons (Fsp3) is 1.00. The molecule has 0 amide bonds. The monoisotopic (exact) mass is 317 g/mol. The van der Waals surface area contributed by atoms with E-state index in [-0.39, 0.29) is 11.9 Å². The van der Waals surface area contributed by atoms with Crippen LogP contribution in [0.3, 0.4) is 0 Å². The van der Waals surface area contributed by atoms with Crippen LogP contribution in [0, 0.1) is 0 Å². The Hall–Kier alpha value is -0.210. The number of sulfonamides is 1. The van der Waals surface area contributed by atoms with Crippen molar-refractivity contribution in [3.63, 3.8) is 0 Å². The first-order valence-corrected chi connectivity index (χ1v) is 9.74. The van der Waals surface area contributed by atoms with E-state index in [1.165, 1.54) is 0 Å². The Morgan fingerprint density at radius 2 is 1.86 bits per heavy atom. The number of ether oxygens (including phenoxy) is 1. The van der Waals surface area contributed by atoms with Crippen molar-refractivity contribution in [3.8, 4) is 0 Å². The first-order chi connectivity index (χ1) is 10.0. The van der Waals surface area contributed by atoms with Crippen LogP contribution in [-0.4, -0.2) is 74.3 Å². The number of rotatable bonds is 4. The van der Waals surface area contributed by atoms with Gasteiger partial charge in [0.25, 0.3) is 0 Å². The van der Waals surface area contributed by atoms with Gasteiger partial charge in [-0.05, 0) is 45.2 Å². The number of nitrogens with two attached hydrogens (primary N) is 1. The molecule has 0 radical (unpaired) electrons. The van der Waals surface area contributed by atoms with Gasteiger partial charge in [-0.2, -0.15) is 0 Å². The molecule has 0 aromatic heterocycles. The maximum Gasteiger partial charge on any atom is 0.216 e. The van der Waals surface area contributed by atoms with E-state index >= 15 is 0 Å². The first kappa shape index (κ1) is 15.7. The SMILES string of the molecule is NC1CCN(C2CCN(S(=O)(=O)CC3CCCO3)C2)CC1. The Labute approximate surface area is 127 Å². The molecule has 3 heterocycles. The van der Waals surface area contributed by atoms with E-state index < -0.39 is 10.0 Å². The largest absolute Gasteiger partial charge is 0.377 e. The zero-order valence-corrected chi connectivity index (χ0v) is 13.4. The van der Waals surface area contributed by atoms with Crippen molar-refractivity contribution in [1.82, 2.24) is 9.21 Å². The highest BCUT2D eigenvalue weighted by atomic mass is 32.2. The molecule has 0 aromatic rings. The highest BCUT2D eigenvalue weighted by Gasteiger charge is 2.36. The summed E-state index contributed by atoms with van der Waals surface area (Å²) in [6.45, 7) is 4.01. The van der Waals surface area contributed by atoms with E-state index in [2.05, 4.69) is 4.90 Å². The van der Waals surface area contributed by atoms with Gasteiger partial charge >= 0.3 is 0 Å². The molecule has 3 rings (SSSR count). The summed E-state index contributed by atoms with van der Waals surface area (Å²) in [5.41, 5.74) is 5.94. The van der Waals surface area contributed by atoms with E-state index in [1.54, 1.807) is 4.31 Å². The second-order valence-electron chi connectivity index (χ2n) is 6.59. The lowest BCUT2D eigenvalue weighted by Crippen LogP contribution is -2.46. The Balaban J connectivity index is 1.53. The van der Waals surface area contributed by atoms with Gasteiger partial charge in [-0.3, -0.25) is 4.90 Å². The molecule has 122 valence electrons. The molecular formula is C14H27N3O3S. The van der Waals surface area contributed by atoms with Crippen LogP contribution in [0.1, 0.15) is 32.1 Å². The van der Waals surface area contributed by atoms with Crippen LogP contribution in [0.15, 0.2) is 0 Å². The van der Waals surface area contributed by atoms with Crippen molar-refractivity contribution in [2.24, 2.45) is 5.73 Å². The van der Waals surface area contributed by atoms with Crippen molar-refractivity contribution >= 4 is 10.0 Å². The molecule has 2 N–H and O–H groups in total. The van der Waals surface area contributed by atoms with Gasteiger partial charge in [-0.1, -0.05) is 0 Å². The summed E-state index contributed by atoms with van der Waals surface area (Å²) in [5, 5.41) is 0. The average molecular weight is 317 g/mol. The summed E-state index contributed by atoms with van der Waals surface area (Å²) < 4.78 is 32.1. The van der Waals surface area contributed by atoms with Crippen LogP contribution < -0.4 is 5.73 Å². The minimum absolute atomic E-state index is 0.0953. The Morgan fingerprint density at radius 3 is 2.52 bits per heavy atom. The molecule has 0 aromatic carbocycles. The summed E-state index contributed by atoms with van der Waals surface area (Å²) in [7, 11) is -3.17. The lowest BCUT2D eigenvalue weighted by molar-refractivity contribution is 0.126. The molecule has 21 heavy (non-hydrogen) atoms. The van der Waals surface area contributed by atoms with Gasteiger partial charge in [0.1, 0.15) is 0 Å². The first-order valence-electron chi connectivity index (χ1n) is 8.13. The van der Waals surface area contributed by atoms with Crippen molar-refractivity contribution in [2.75, 3.05) is 38.5 Å². The highest BCUT2D eigenvalue weighted by molar-refractivity contribution is 7.89. The Morgan fingerprint density at radius 1 is 1.10 bits per heavy atom. The predicted octanol–water partition coefficient (Wildman–Crippen LogP) is -0.00740. The van der Waals surface area contributed by atoms with E-state index in [0.717, 1.165) is 45.2 Å². The predicted molar refractivity (Wildman–Crippen MR) is 81.5 cm³/mol. The van der Waals surface area contributed by atoms with Gasteiger partial charge in [0, 0.05) is 31.8 Å². The standard InChI is InChI=1S/C14H27N3O3S/c15-12-3-6-16(7-4-12)13-5-8-17(10-13)21(18,19)11-14-2-1-9-20-14/h12-14H,1-11,15H2. The van der Waals surface area contributed by atoms with Crippen LogP contribution >= 0.6 is 0 Å². The molecule has 3 saturated heterocycles. The third kappa shape index (κ3) is 3.76. The van der Waals surface area contributed by atoms with Gasteiger partial charge in [-0.25, -0.2) is 12.7 Å². The van der Waals surface area contributed by atoms with E-state index in [4.69, 9.17) is 10.5 Å². The molecule has 7 heteroatoms. The van der Waals surface area contributed by atoms with Gasteiger partial charge in [-0.15, -0.1) is 0 Å². The molecule has 6 nitrogen and oxygen atoms in total. The van der Waals surface area contributed by atoms with Crippen molar-refractivity contribution in [2.45, 2.75) is 50.3 Å². The lowest BCUT2D eigenvalue weighted by Gasteiger charge is -2.34. The number of hydrogen-bond acceptors (Lipinski definition) is 5. The third-order valence-electron chi connectivity index (χ3n) is 5.03. The summed E-state index contributed by atoms with van der Waals surface area (Å²) >= 11 is 0. The average Bonchev–Trinajstić information content (AvgIpc) is 3.10. The maximum atomic E-state index is 12.5. The summed E-state index contributed by atoms with van der Waals surface area (Å²) in [6.07, 6.45) is 4.76. The van der Waals surface area contributed by atoms with Crippen LogP contribution in [0.2, 0.25) is 0 Å². The molecule has 2 atom stereocenters. The fourth-order valence-electron chi connectivity index (χ4n) is 3.66. The topological polar surface area (TPSA) is 75.9 Å².